The third kappa shape index (κ3) is 14.2. The molecule has 57 heavy (non-hydrogen) atoms. The van der Waals surface area contributed by atoms with Gasteiger partial charge in [-0.2, -0.15) is 0 Å². The lowest BCUT2D eigenvalue weighted by Crippen LogP contribution is -2.30. The molecule has 0 fully saturated rings. The van der Waals surface area contributed by atoms with Gasteiger partial charge in [0.2, 0.25) is 0 Å². The van der Waals surface area contributed by atoms with Gasteiger partial charge in [0.25, 0.3) is 0 Å². The van der Waals surface area contributed by atoms with Gasteiger partial charge in [0.15, 0.2) is 12.4 Å². The minimum atomic E-state index is 0.927. The van der Waals surface area contributed by atoms with Crippen molar-refractivity contribution in [1.29, 1.82) is 0 Å². The van der Waals surface area contributed by atoms with Crippen molar-refractivity contribution in [2.45, 2.75) is 65.7 Å². The summed E-state index contributed by atoms with van der Waals surface area (Å²) in [6, 6.07) is 46.4. The van der Waals surface area contributed by atoms with Crippen LogP contribution in [0, 0.1) is 0 Å². The summed E-state index contributed by atoms with van der Waals surface area (Å²) in [5.74, 6) is 2.38. The number of aryl methyl sites for hydroxylation is 2. The molecule has 6 aromatic rings. The maximum atomic E-state index is 2.54. The molecule has 0 radical (unpaired) electrons. The summed E-state index contributed by atoms with van der Waals surface area (Å²) in [5.41, 5.74) is 10.2. The molecule has 0 spiro atoms. The smallest absolute Gasteiger partial charge is 0.169 e. The van der Waals surface area contributed by atoms with Gasteiger partial charge in [-0.15, -0.1) is 0 Å². The Morgan fingerprint density at radius 1 is 0.509 bits per heavy atom. The van der Waals surface area contributed by atoms with Crippen LogP contribution >= 0.6 is 21.6 Å². The molecular formula is C51H59N4S2+. The Labute approximate surface area is 350 Å². The molecule has 0 N–H and O–H groups in total. The normalized spacial score (nSPS) is 11.5. The highest BCUT2D eigenvalue weighted by molar-refractivity contribution is 8.76. The average Bonchev–Trinajstić information content (AvgIpc) is 3.74. The van der Waals surface area contributed by atoms with Gasteiger partial charge in [-0.05, 0) is 103 Å². The number of anilines is 2. The van der Waals surface area contributed by atoms with E-state index in [1.54, 1.807) is 0 Å². The van der Waals surface area contributed by atoms with Crippen molar-refractivity contribution in [2.75, 3.05) is 34.4 Å². The van der Waals surface area contributed by atoms with Gasteiger partial charge in [0.05, 0.1) is 0 Å². The van der Waals surface area contributed by atoms with Crippen LogP contribution in [0.4, 0.5) is 11.4 Å². The van der Waals surface area contributed by atoms with E-state index in [1.165, 1.54) is 81.9 Å². The Kier molecular flexibility index (Phi) is 17.1. The number of hydrogen-bond donors (Lipinski definition) is 0. The first-order valence-electron chi connectivity index (χ1n) is 20.7. The Hall–Kier alpha value is -4.91. The second-order valence-electron chi connectivity index (χ2n) is 14.5. The van der Waals surface area contributed by atoms with Gasteiger partial charge in [-0.25, -0.2) is 4.57 Å². The predicted molar refractivity (Wildman–Crippen MR) is 252 cm³/mol. The zero-order chi connectivity index (χ0) is 39.3. The van der Waals surface area contributed by atoms with E-state index in [0.29, 0.717) is 0 Å². The predicted octanol–water partition coefficient (Wildman–Crippen LogP) is 12.8. The second-order valence-corrected chi connectivity index (χ2v) is 17.2. The summed E-state index contributed by atoms with van der Waals surface area (Å²) in [4.78, 5) is 5.08. The third-order valence-electron chi connectivity index (χ3n) is 10.2. The fourth-order valence-corrected chi connectivity index (χ4v) is 9.07. The topological polar surface area (TPSA) is 15.3 Å². The highest BCUT2D eigenvalue weighted by Crippen LogP contribution is 2.26. The summed E-state index contributed by atoms with van der Waals surface area (Å²) < 4.78 is 4.39. The molecule has 4 aromatic carbocycles. The van der Waals surface area contributed by atoms with Crippen LogP contribution in [0.2, 0.25) is 0 Å². The maximum Gasteiger partial charge on any atom is 0.169 e. The van der Waals surface area contributed by atoms with Crippen molar-refractivity contribution in [3.8, 4) is 0 Å². The SMILES string of the molecule is CCn1ccc(/C=C/c2ccc(N(CCCCSSCCCCN(Cc3ccccc3)c3ccc(/C=C/c4cc[n+](CC)cc4)cc3)Cc3ccccc3)cc2)c1. The second kappa shape index (κ2) is 23.4. The number of aromatic nitrogens is 2. The molecular weight excluding hydrogens is 733 g/mol. The standard InChI is InChI=1S/C51H59N4S2/c1-3-52-36-31-46(32-37-52)20-19-44-23-27-50(28-24-44)54(42-47-15-7-5-8-16-47)34-11-13-39-56-57-40-14-12-35-55(43-48-17-9-6-10-18-48)51-29-25-45(26-30-51)21-22-49-33-38-53(4-2)41-49/h5-10,15-33,36-38,41H,3-4,11-14,34-35,39-40,42-43H2,1-2H3/q+1/b22-21+. The number of unbranched alkanes of at least 4 members (excludes halogenated alkanes) is 2. The van der Waals surface area contributed by atoms with Crippen molar-refractivity contribution in [1.82, 2.24) is 4.57 Å². The number of nitrogens with zero attached hydrogens (tertiary/aromatic N) is 4. The van der Waals surface area contributed by atoms with E-state index >= 15 is 0 Å². The van der Waals surface area contributed by atoms with Crippen LogP contribution in [0.15, 0.2) is 152 Å². The number of hydrogen-bond acceptors (Lipinski definition) is 4. The summed E-state index contributed by atoms with van der Waals surface area (Å²) in [7, 11) is 4.09. The molecule has 2 aromatic heterocycles. The first-order valence-corrected chi connectivity index (χ1v) is 23.2. The zero-order valence-corrected chi connectivity index (χ0v) is 35.5. The van der Waals surface area contributed by atoms with Crippen molar-refractivity contribution in [3.63, 3.8) is 0 Å². The fourth-order valence-electron chi connectivity index (χ4n) is 6.77. The lowest BCUT2D eigenvalue weighted by molar-refractivity contribution is -0.693. The van der Waals surface area contributed by atoms with Crippen LogP contribution in [0.25, 0.3) is 24.3 Å². The van der Waals surface area contributed by atoms with Crippen molar-refractivity contribution in [2.24, 2.45) is 0 Å². The van der Waals surface area contributed by atoms with Gasteiger partial charge >= 0.3 is 0 Å². The molecule has 0 aliphatic rings. The van der Waals surface area contributed by atoms with Crippen LogP contribution in [0.3, 0.4) is 0 Å². The highest BCUT2D eigenvalue weighted by Gasteiger charge is 2.10. The molecule has 0 atom stereocenters. The van der Waals surface area contributed by atoms with Gasteiger partial charge in [0.1, 0.15) is 6.54 Å². The molecule has 0 unspecified atom stereocenters. The molecule has 0 saturated carbocycles. The molecule has 6 rings (SSSR count). The molecule has 2 heterocycles. The summed E-state index contributed by atoms with van der Waals surface area (Å²) in [6.07, 6.45) is 22.2. The Bertz CT molecular complexity index is 2060. The Morgan fingerprint density at radius 2 is 0.965 bits per heavy atom. The first-order chi connectivity index (χ1) is 28.1. The van der Waals surface area contributed by atoms with E-state index in [0.717, 1.165) is 39.3 Å². The minimum Gasteiger partial charge on any atom is -0.367 e. The van der Waals surface area contributed by atoms with Crippen LogP contribution in [-0.2, 0) is 26.2 Å². The molecule has 0 saturated heterocycles. The quantitative estimate of drug-likeness (QED) is 0.0365. The lowest BCUT2D eigenvalue weighted by atomic mass is 10.1. The summed E-state index contributed by atoms with van der Waals surface area (Å²) in [6.45, 7) is 10.3. The zero-order valence-electron chi connectivity index (χ0n) is 33.8. The third-order valence-corrected chi connectivity index (χ3v) is 12.8. The molecule has 0 aliphatic heterocycles. The van der Waals surface area contributed by atoms with Crippen LogP contribution < -0.4 is 14.4 Å². The average molecular weight is 792 g/mol. The molecule has 6 heteroatoms. The molecule has 4 nitrogen and oxygen atoms in total. The van der Waals surface area contributed by atoms with E-state index < -0.39 is 0 Å². The summed E-state index contributed by atoms with van der Waals surface area (Å²) in [5, 5.41) is 0. The molecule has 0 aliphatic carbocycles. The van der Waals surface area contributed by atoms with E-state index in [-0.39, 0.29) is 0 Å². The van der Waals surface area contributed by atoms with Crippen LogP contribution in [0.1, 0.15) is 72.9 Å². The van der Waals surface area contributed by atoms with Crippen LogP contribution in [-0.4, -0.2) is 29.2 Å². The largest absolute Gasteiger partial charge is 0.367 e. The van der Waals surface area contributed by atoms with Gasteiger partial charge in [0, 0.05) is 80.1 Å². The highest BCUT2D eigenvalue weighted by atomic mass is 33.1. The van der Waals surface area contributed by atoms with Gasteiger partial charge in [-0.3, -0.25) is 0 Å². The minimum absolute atomic E-state index is 0.927. The monoisotopic (exact) mass is 791 g/mol. The maximum absolute atomic E-state index is 2.54. The van der Waals surface area contributed by atoms with E-state index in [9.17, 15) is 0 Å². The fraction of sp³-hybridized carbons (Fsp3) is 0.275. The number of rotatable bonds is 23. The van der Waals surface area contributed by atoms with E-state index in [1.807, 2.05) is 21.6 Å². The number of pyridine rings is 1. The van der Waals surface area contributed by atoms with Gasteiger partial charge in [-0.1, -0.05) is 131 Å². The molecule has 0 amide bonds. The lowest BCUT2D eigenvalue weighted by Gasteiger charge is -2.25. The van der Waals surface area contributed by atoms with Crippen molar-refractivity contribution < 1.29 is 4.57 Å². The first kappa shape index (κ1) is 41.7. The van der Waals surface area contributed by atoms with Crippen molar-refractivity contribution in [3.05, 3.63) is 186 Å². The Morgan fingerprint density at radius 3 is 1.40 bits per heavy atom. The van der Waals surface area contributed by atoms with E-state index in [4.69, 9.17) is 0 Å². The Balaban J connectivity index is 0.924. The van der Waals surface area contributed by atoms with Gasteiger partial charge < -0.3 is 14.4 Å². The number of benzene rings is 4. The molecule has 0 bridgehead atoms. The van der Waals surface area contributed by atoms with Crippen LogP contribution in [0.5, 0.6) is 0 Å². The van der Waals surface area contributed by atoms with Crippen molar-refractivity contribution >= 4 is 57.3 Å². The van der Waals surface area contributed by atoms with E-state index in [2.05, 4.69) is 209 Å². The summed E-state index contributed by atoms with van der Waals surface area (Å²) >= 11 is 0. The molecule has 294 valence electrons.